The molecule has 1 amide bonds. The van der Waals surface area contributed by atoms with E-state index in [0.29, 0.717) is 39.9 Å². The van der Waals surface area contributed by atoms with Gasteiger partial charge in [-0.15, -0.1) is 0 Å². The van der Waals surface area contributed by atoms with Gasteiger partial charge in [0.25, 0.3) is 15.9 Å². The highest BCUT2D eigenvalue weighted by molar-refractivity contribution is 7.92. The summed E-state index contributed by atoms with van der Waals surface area (Å²) < 4.78 is 39.6. The number of ether oxygens (including phenoxy) is 2. The Kier molecular flexibility index (Phi) is 9.65. The fourth-order valence-corrected chi connectivity index (χ4v) is 5.71. The summed E-state index contributed by atoms with van der Waals surface area (Å²) in [7, 11) is -2.53. The predicted molar refractivity (Wildman–Crippen MR) is 161 cm³/mol. The summed E-state index contributed by atoms with van der Waals surface area (Å²) in [4.78, 5) is 13.0. The Morgan fingerprint density at radius 3 is 2.37 bits per heavy atom. The smallest absolute Gasteiger partial charge is 0.264 e. The van der Waals surface area contributed by atoms with Crippen molar-refractivity contribution in [2.45, 2.75) is 25.3 Å². The third-order valence-electron chi connectivity index (χ3n) is 6.15. The van der Waals surface area contributed by atoms with Crippen molar-refractivity contribution in [3.05, 3.63) is 118 Å². The first-order valence-electron chi connectivity index (χ1n) is 12.7. The summed E-state index contributed by atoms with van der Waals surface area (Å²) in [5, 5.41) is 4.48. The zero-order valence-electron chi connectivity index (χ0n) is 22.9. The molecule has 1 N–H and O–H groups in total. The van der Waals surface area contributed by atoms with E-state index >= 15 is 0 Å². The number of aryl methyl sites for hydroxylation is 2. The van der Waals surface area contributed by atoms with E-state index in [1.165, 1.54) is 25.5 Å². The molecule has 0 aliphatic carbocycles. The maximum atomic E-state index is 13.6. The molecular formula is C31H30ClN3O5S. The van der Waals surface area contributed by atoms with Gasteiger partial charge in [0.15, 0.2) is 11.5 Å². The van der Waals surface area contributed by atoms with Crippen LogP contribution in [0.5, 0.6) is 11.5 Å². The zero-order valence-corrected chi connectivity index (χ0v) is 24.4. The van der Waals surface area contributed by atoms with Crippen LogP contribution in [0.3, 0.4) is 0 Å². The first-order valence-corrected chi connectivity index (χ1v) is 14.5. The first-order chi connectivity index (χ1) is 19.7. The van der Waals surface area contributed by atoms with E-state index in [-0.39, 0.29) is 4.90 Å². The molecule has 0 heterocycles. The minimum atomic E-state index is -4.07. The maximum Gasteiger partial charge on any atom is 0.264 e. The van der Waals surface area contributed by atoms with E-state index < -0.39 is 22.5 Å². The van der Waals surface area contributed by atoms with Gasteiger partial charge in [0.2, 0.25) is 0 Å². The molecule has 0 saturated carbocycles. The lowest BCUT2D eigenvalue weighted by molar-refractivity contribution is -0.119. The Hall–Kier alpha value is -4.34. The molecule has 0 unspecified atom stereocenters. The molecule has 0 radical (unpaired) electrons. The van der Waals surface area contributed by atoms with E-state index in [9.17, 15) is 13.2 Å². The number of anilines is 1. The van der Waals surface area contributed by atoms with E-state index in [0.717, 1.165) is 15.4 Å². The van der Waals surface area contributed by atoms with Gasteiger partial charge in [-0.25, -0.2) is 13.8 Å². The van der Waals surface area contributed by atoms with Crippen molar-refractivity contribution in [1.82, 2.24) is 5.43 Å². The number of hydrogen-bond donors (Lipinski definition) is 1. The lowest BCUT2D eigenvalue weighted by atomic mass is 10.2. The van der Waals surface area contributed by atoms with Crippen molar-refractivity contribution in [2.75, 3.05) is 18.0 Å². The van der Waals surface area contributed by atoms with Crippen molar-refractivity contribution >= 4 is 39.4 Å². The molecule has 4 aromatic rings. The van der Waals surface area contributed by atoms with E-state index in [1.807, 2.05) is 37.3 Å². The summed E-state index contributed by atoms with van der Waals surface area (Å²) >= 11 is 6.10. The summed E-state index contributed by atoms with van der Waals surface area (Å²) in [6.45, 7) is 3.49. The topological polar surface area (TPSA) is 97.3 Å². The third-order valence-corrected chi connectivity index (χ3v) is 8.16. The normalized spacial score (nSPS) is 11.3. The second-order valence-corrected chi connectivity index (χ2v) is 11.5. The quantitative estimate of drug-likeness (QED) is 0.173. The van der Waals surface area contributed by atoms with Crippen LogP contribution in [0.2, 0.25) is 5.02 Å². The number of nitrogens with zero attached hydrogens (tertiary/aromatic N) is 2. The Balaban J connectivity index is 1.48. The average Bonchev–Trinajstić information content (AvgIpc) is 2.96. The maximum absolute atomic E-state index is 13.6. The second-order valence-electron chi connectivity index (χ2n) is 9.23. The van der Waals surface area contributed by atoms with Gasteiger partial charge in [-0.3, -0.25) is 9.10 Å². The van der Waals surface area contributed by atoms with Crippen LogP contribution in [-0.2, 0) is 21.4 Å². The second kappa shape index (κ2) is 13.3. The molecule has 41 heavy (non-hydrogen) atoms. The summed E-state index contributed by atoms with van der Waals surface area (Å²) in [5.74, 6) is 0.443. The molecule has 0 spiro atoms. The molecule has 0 saturated heterocycles. The number of methoxy groups -OCH3 is 1. The highest BCUT2D eigenvalue weighted by Gasteiger charge is 2.28. The lowest BCUT2D eigenvalue weighted by Crippen LogP contribution is -2.40. The van der Waals surface area contributed by atoms with Crippen LogP contribution in [0.15, 0.2) is 101 Å². The number of sulfonamides is 1. The van der Waals surface area contributed by atoms with Gasteiger partial charge >= 0.3 is 0 Å². The number of hydrazone groups is 1. The number of carbonyl (C=O) groups excluding carboxylic acids is 1. The summed E-state index contributed by atoms with van der Waals surface area (Å²) in [6, 6.07) is 26.2. The molecule has 0 fully saturated rings. The van der Waals surface area contributed by atoms with E-state index in [1.54, 1.807) is 55.5 Å². The number of carbonyl (C=O) groups is 1. The van der Waals surface area contributed by atoms with Crippen LogP contribution in [0.1, 0.15) is 22.3 Å². The highest BCUT2D eigenvalue weighted by atomic mass is 35.5. The van der Waals surface area contributed by atoms with Crippen molar-refractivity contribution in [3.8, 4) is 11.5 Å². The number of amides is 1. The molecule has 10 heteroatoms. The molecule has 212 valence electrons. The summed E-state index contributed by atoms with van der Waals surface area (Å²) in [6.07, 6.45) is 1.44. The van der Waals surface area contributed by atoms with Gasteiger partial charge in [0.05, 0.1) is 23.9 Å². The number of nitrogens with one attached hydrogen (secondary N) is 1. The standard InChI is InChI=1S/C31H30ClN3O5S/c1-22-9-13-27(14-10-22)41(37,38)35(28-15-12-26(32)17-23(28)2)20-31(36)34-33-19-25-11-16-29(30(18-25)39-3)40-21-24-7-5-4-6-8-24/h4-19H,20-21H2,1-3H3,(H,34,36)/b33-19-. The van der Waals surface area contributed by atoms with Crippen molar-refractivity contribution < 1.29 is 22.7 Å². The van der Waals surface area contributed by atoms with Crippen molar-refractivity contribution in [2.24, 2.45) is 5.10 Å². The van der Waals surface area contributed by atoms with Crippen LogP contribution in [-0.4, -0.2) is 34.2 Å². The van der Waals surface area contributed by atoms with Crippen molar-refractivity contribution in [3.63, 3.8) is 0 Å². The SMILES string of the molecule is COc1cc(/C=N\NC(=O)CN(c2ccc(Cl)cc2C)S(=O)(=O)c2ccc(C)cc2)ccc1OCc1ccccc1. The van der Waals surface area contributed by atoms with Crippen molar-refractivity contribution in [1.29, 1.82) is 0 Å². The number of halogens is 1. The molecule has 0 atom stereocenters. The number of hydrogen-bond acceptors (Lipinski definition) is 6. The van der Waals surface area contributed by atoms with Crippen LogP contribution < -0.4 is 19.2 Å². The number of rotatable bonds is 11. The monoisotopic (exact) mass is 591 g/mol. The zero-order chi connectivity index (χ0) is 29.4. The van der Waals surface area contributed by atoms with Crippen LogP contribution in [0.25, 0.3) is 0 Å². The van der Waals surface area contributed by atoms with Crippen LogP contribution >= 0.6 is 11.6 Å². The largest absolute Gasteiger partial charge is 0.493 e. The van der Waals surface area contributed by atoms with Gasteiger partial charge < -0.3 is 9.47 Å². The molecule has 8 nitrogen and oxygen atoms in total. The van der Waals surface area contributed by atoms with Gasteiger partial charge in [-0.2, -0.15) is 5.10 Å². The molecule has 4 rings (SSSR count). The molecule has 0 aromatic heterocycles. The summed E-state index contributed by atoms with van der Waals surface area (Å²) in [5.41, 5.74) is 5.94. The molecular weight excluding hydrogens is 562 g/mol. The van der Waals surface area contributed by atoms with Gasteiger partial charge in [0.1, 0.15) is 13.2 Å². The Labute approximate surface area is 245 Å². The van der Waals surface area contributed by atoms with Gasteiger partial charge in [-0.1, -0.05) is 59.6 Å². The lowest BCUT2D eigenvalue weighted by Gasteiger charge is -2.25. The fourth-order valence-electron chi connectivity index (χ4n) is 4.00. The van der Waals surface area contributed by atoms with Gasteiger partial charge in [0, 0.05) is 5.02 Å². The Morgan fingerprint density at radius 1 is 0.951 bits per heavy atom. The first kappa shape index (κ1) is 29.6. The Bertz CT molecular complexity index is 1640. The third kappa shape index (κ3) is 7.65. The fraction of sp³-hybridized carbons (Fsp3) is 0.161. The van der Waals surface area contributed by atoms with E-state index in [4.69, 9.17) is 21.1 Å². The minimum absolute atomic E-state index is 0.0652. The van der Waals surface area contributed by atoms with Crippen LogP contribution in [0.4, 0.5) is 5.69 Å². The minimum Gasteiger partial charge on any atom is -0.493 e. The van der Waals surface area contributed by atoms with Crippen LogP contribution in [0, 0.1) is 13.8 Å². The van der Waals surface area contributed by atoms with E-state index in [2.05, 4.69) is 10.5 Å². The molecule has 0 aliphatic rings. The Morgan fingerprint density at radius 2 is 1.68 bits per heavy atom. The average molecular weight is 592 g/mol. The predicted octanol–water partition coefficient (Wildman–Crippen LogP) is 5.89. The number of benzene rings is 4. The molecule has 0 bridgehead atoms. The highest BCUT2D eigenvalue weighted by Crippen LogP contribution is 2.30. The molecule has 4 aromatic carbocycles. The van der Waals surface area contributed by atoms with Gasteiger partial charge in [-0.05, 0) is 79.1 Å². The molecule has 0 aliphatic heterocycles.